The van der Waals surface area contributed by atoms with Gasteiger partial charge in [0.2, 0.25) is 0 Å². The van der Waals surface area contributed by atoms with Crippen LogP contribution in [0.2, 0.25) is 0 Å². The summed E-state index contributed by atoms with van der Waals surface area (Å²) in [6.45, 7) is 5.58. The predicted octanol–water partition coefficient (Wildman–Crippen LogP) is 2.66. The van der Waals surface area contributed by atoms with Crippen molar-refractivity contribution in [1.29, 1.82) is 0 Å². The standard InChI is InChI=1S/C15H24N2O/c1-3-13-9-12-17(11-6-10-16-13)14-7-4-5-8-15(14)18-2/h4-5,7-8,13,16H,3,6,9-12H2,1-2H3. The summed E-state index contributed by atoms with van der Waals surface area (Å²) in [5.41, 5.74) is 1.23. The fourth-order valence-corrected chi connectivity index (χ4v) is 2.58. The smallest absolute Gasteiger partial charge is 0.142 e. The molecule has 1 N–H and O–H groups in total. The average Bonchev–Trinajstić information content (AvgIpc) is 2.39. The molecule has 1 aromatic carbocycles. The van der Waals surface area contributed by atoms with Crippen molar-refractivity contribution in [1.82, 2.24) is 5.32 Å². The van der Waals surface area contributed by atoms with Crippen LogP contribution in [-0.2, 0) is 0 Å². The molecule has 1 aromatic rings. The summed E-state index contributed by atoms with van der Waals surface area (Å²) in [6.07, 6.45) is 3.60. The number of benzene rings is 1. The Morgan fingerprint density at radius 3 is 2.94 bits per heavy atom. The molecule has 0 aliphatic carbocycles. The number of hydrogen-bond donors (Lipinski definition) is 1. The van der Waals surface area contributed by atoms with Gasteiger partial charge in [-0.15, -0.1) is 0 Å². The van der Waals surface area contributed by atoms with Gasteiger partial charge in [-0.2, -0.15) is 0 Å². The molecule has 3 nitrogen and oxygen atoms in total. The van der Waals surface area contributed by atoms with Crippen molar-refractivity contribution in [3.05, 3.63) is 24.3 Å². The van der Waals surface area contributed by atoms with Crippen LogP contribution in [0.1, 0.15) is 26.2 Å². The van der Waals surface area contributed by atoms with Crippen molar-refractivity contribution in [2.24, 2.45) is 0 Å². The van der Waals surface area contributed by atoms with Crippen molar-refractivity contribution in [2.45, 2.75) is 32.2 Å². The highest BCUT2D eigenvalue weighted by Gasteiger charge is 2.16. The summed E-state index contributed by atoms with van der Waals surface area (Å²) < 4.78 is 5.47. The van der Waals surface area contributed by atoms with E-state index in [1.54, 1.807) is 7.11 Å². The molecule has 0 saturated carbocycles. The van der Waals surface area contributed by atoms with Crippen LogP contribution in [-0.4, -0.2) is 32.8 Å². The first kappa shape index (κ1) is 13.2. The molecule has 0 amide bonds. The quantitative estimate of drug-likeness (QED) is 0.890. The van der Waals surface area contributed by atoms with Gasteiger partial charge in [0.15, 0.2) is 0 Å². The minimum absolute atomic E-state index is 0.655. The van der Waals surface area contributed by atoms with Crippen molar-refractivity contribution < 1.29 is 4.74 Å². The fraction of sp³-hybridized carbons (Fsp3) is 0.600. The molecular weight excluding hydrogens is 224 g/mol. The molecule has 0 aromatic heterocycles. The van der Waals surface area contributed by atoms with Crippen LogP contribution in [0, 0.1) is 0 Å². The molecule has 1 atom stereocenters. The van der Waals surface area contributed by atoms with Gasteiger partial charge < -0.3 is 15.0 Å². The van der Waals surface area contributed by atoms with E-state index in [1.165, 1.54) is 24.9 Å². The highest BCUT2D eigenvalue weighted by Crippen LogP contribution is 2.28. The summed E-state index contributed by atoms with van der Waals surface area (Å²) in [4.78, 5) is 2.46. The van der Waals surface area contributed by atoms with Gasteiger partial charge in [-0.05, 0) is 37.9 Å². The predicted molar refractivity (Wildman–Crippen MR) is 76.5 cm³/mol. The fourth-order valence-electron chi connectivity index (χ4n) is 2.58. The Morgan fingerprint density at radius 1 is 1.33 bits per heavy atom. The number of nitrogens with zero attached hydrogens (tertiary/aromatic N) is 1. The zero-order valence-corrected chi connectivity index (χ0v) is 11.5. The van der Waals surface area contributed by atoms with E-state index < -0.39 is 0 Å². The van der Waals surface area contributed by atoms with Crippen LogP contribution >= 0.6 is 0 Å². The van der Waals surface area contributed by atoms with Gasteiger partial charge in [0, 0.05) is 19.1 Å². The lowest BCUT2D eigenvalue weighted by molar-refractivity contribution is 0.408. The lowest BCUT2D eigenvalue weighted by Gasteiger charge is -2.31. The maximum absolute atomic E-state index is 5.47. The number of hydrogen-bond acceptors (Lipinski definition) is 3. The van der Waals surface area contributed by atoms with E-state index in [4.69, 9.17) is 4.74 Å². The largest absolute Gasteiger partial charge is 0.495 e. The van der Waals surface area contributed by atoms with Crippen molar-refractivity contribution >= 4 is 5.69 Å². The zero-order chi connectivity index (χ0) is 12.8. The van der Waals surface area contributed by atoms with Gasteiger partial charge in [-0.25, -0.2) is 0 Å². The third-order valence-electron chi connectivity index (χ3n) is 3.70. The molecule has 0 radical (unpaired) electrons. The third-order valence-corrected chi connectivity index (χ3v) is 3.70. The van der Waals surface area contributed by atoms with Crippen LogP contribution in [0.5, 0.6) is 5.75 Å². The molecule has 100 valence electrons. The Morgan fingerprint density at radius 2 is 2.17 bits per heavy atom. The Balaban J connectivity index is 2.10. The number of methoxy groups -OCH3 is 1. The Bertz CT molecular complexity index is 367. The van der Waals surface area contributed by atoms with Gasteiger partial charge in [0.25, 0.3) is 0 Å². The Kier molecular flexibility index (Phi) is 4.88. The molecule has 1 fully saturated rings. The van der Waals surface area contributed by atoms with Gasteiger partial charge in [-0.1, -0.05) is 19.1 Å². The molecule has 1 aliphatic rings. The highest BCUT2D eigenvalue weighted by atomic mass is 16.5. The zero-order valence-electron chi connectivity index (χ0n) is 11.5. The van der Waals surface area contributed by atoms with Crippen LogP contribution in [0.4, 0.5) is 5.69 Å². The van der Waals surface area contributed by atoms with Gasteiger partial charge in [0.05, 0.1) is 12.8 Å². The summed E-state index contributed by atoms with van der Waals surface area (Å²) in [6, 6.07) is 8.98. The van der Waals surface area contributed by atoms with Gasteiger partial charge >= 0.3 is 0 Å². The molecular formula is C15H24N2O. The van der Waals surface area contributed by atoms with Crippen LogP contribution in [0.15, 0.2) is 24.3 Å². The lowest BCUT2D eigenvalue weighted by Crippen LogP contribution is -2.39. The summed E-state index contributed by atoms with van der Waals surface area (Å²) in [5, 5.41) is 3.61. The van der Waals surface area contributed by atoms with E-state index in [0.29, 0.717) is 6.04 Å². The molecule has 0 bridgehead atoms. The third kappa shape index (κ3) is 3.16. The van der Waals surface area contributed by atoms with Gasteiger partial charge in [0.1, 0.15) is 5.75 Å². The SMILES string of the molecule is CCC1CCN(c2ccccc2OC)CCCN1. The minimum Gasteiger partial charge on any atom is -0.495 e. The summed E-state index contributed by atoms with van der Waals surface area (Å²) >= 11 is 0. The van der Waals surface area contributed by atoms with Crippen LogP contribution in [0.3, 0.4) is 0 Å². The van der Waals surface area contributed by atoms with Crippen molar-refractivity contribution in [3.8, 4) is 5.75 Å². The second-order valence-electron chi connectivity index (χ2n) is 4.86. The molecule has 18 heavy (non-hydrogen) atoms. The minimum atomic E-state index is 0.655. The second kappa shape index (κ2) is 6.64. The molecule has 1 saturated heterocycles. The lowest BCUT2D eigenvalue weighted by atomic mass is 10.1. The molecule has 2 rings (SSSR count). The van der Waals surface area contributed by atoms with E-state index in [2.05, 4.69) is 29.3 Å². The first-order valence-corrected chi connectivity index (χ1v) is 6.96. The maximum Gasteiger partial charge on any atom is 0.142 e. The number of rotatable bonds is 3. The summed E-state index contributed by atoms with van der Waals surface area (Å²) in [7, 11) is 1.75. The Hall–Kier alpha value is -1.22. The second-order valence-corrected chi connectivity index (χ2v) is 4.86. The molecule has 1 heterocycles. The van der Waals surface area contributed by atoms with E-state index in [0.717, 1.165) is 25.4 Å². The van der Waals surface area contributed by atoms with E-state index in [-0.39, 0.29) is 0 Å². The Labute approximate surface area is 110 Å². The molecule has 1 unspecified atom stereocenters. The van der Waals surface area contributed by atoms with E-state index in [1.807, 2.05) is 12.1 Å². The first-order chi connectivity index (χ1) is 8.85. The van der Waals surface area contributed by atoms with Crippen LogP contribution < -0.4 is 15.0 Å². The first-order valence-electron chi connectivity index (χ1n) is 6.96. The molecule has 0 spiro atoms. The van der Waals surface area contributed by atoms with Crippen molar-refractivity contribution in [2.75, 3.05) is 31.6 Å². The monoisotopic (exact) mass is 248 g/mol. The van der Waals surface area contributed by atoms with E-state index >= 15 is 0 Å². The number of para-hydroxylation sites is 2. The highest BCUT2D eigenvalue weighted by molar-refractivity contribution is 5.58. The average molecular weight is 248 g/mol. The molecule has 1 aliphatic heterocycles. The van der Waals surface area contributed by atoms with Crippen LogP contribution in [0.25, 0.3) is 0 Å². The van der Waals surface area contributed by atoms with E-state index in [9.17, 15) is 0 Å². The molecule has 3 heteroatoms. The number of anilines is 1. The van der Waals surface area contributed by atoms with Crippen molar-refractivity contribution in [3.63, 3.8) is 0 Å². The number of nitrogens with one attached hydrogen (secondary N) is 1. The normalized spacial score (nSPS) is 21.2. The van der Waals surface area contributed by atoms with Gasteiger partial charge in [-0.3, -0.25) is 0 Å². The summed E-state index contributed by atoms with van der Waals surface area (Å²) in [5.74, 6) is 0.985. The topological polar surface area (TPSA) is 24.5 Å². The maximum atomic E-state index is 5.47. The number of ether oxygens (including phenoxy) is 1.